The van der Waals surface area contributed by atoms with Gasteiger partial charge in [-0.2, -0.15) is 11.8 Å². The molecule has 0 aliphatic carbocycles. The summed E-state index contributed by atoms with van der Waals surface area (Å²) in [5.74, 6) is 0.889. The third kappa shape index (κ3) is 6.69. The van der Waals surface area contributed by atoms with E-state index in [9.17, 15) is 4.79 Å². The summed E-state index contributed by atoms with van der Waals surface area (Å²) in [5, 5.41) is 3.68. The molecular formula is C18H29NO2SSi. The van der Waals surface area contributed by atoms with E-state index in [1.807, 2.05) is 17.8 Å². The fraction of sp³-hybridized carbons (Fsp3) is 0.611. The second-order valence-electron chi connectivity index (χ2n) is 7.39. The van der Waals surface area contributed by atoms with Crippen molar-refractivity contribution in [1.82, 2.24) is 5.32 Å². The second kappa shape index (κ2) is 8.90. The highest BCUT2D eigenvalue weighted by Crippen LogP contribution is 2.27. The van der Waals surface area contributed by atoms with E-state index in [0.29, 0.717) is 11.9 Å². The van der Waals surface area contributed by atoms with Gasteiger partial charge in [0.1, 0.15) is 6.04 Å². The van der Waals surface area contributed by atoms with Crippen LogP contribution >= 0.6 is 11.8 Å². The van der Waals surface area contributed by atoms with Crippen molar-refractivity contribution in [2.75, 3.05) is 13.2 Å². The molecule has 0 spiro atoms. The van der Waals surface area contributed by atoms with Crippen molar-refractivity contribution in [3.63, 3.8) is 0 Å². The van der Waals surface area contributed by atoms with Crippen molar-refractivity contribution in [1.29, 1.82) is 0 Å². The van der Waals surface area contributed by atoms with E-state index in [4.69, 9.17) is 4.74 Å². The number of carbonyl (C=O) groups excluding carboxylic acids is 1. The van der Waals surface area contributed by atoms with Gasteiger partial charge in [0, 0.05) is 19.1 Å². The zero-order valence-corrected chi connectivity index (χ0v) is 16.3. The molecule has 2 rings (SSSR count). The van der Waals surface area contributed by atoms with E-state index in [2.05, 4.69) is 49.2 Å². The van der Waals surface area contributed by atoms with Crippen molar-refractivity contribution in [2.45, 2.75) is 55.6 Å². The number of hydrogen-bond donors (Lipinski definition) is 1. The Morgan fingerprint density at radius 2 is 2.04 bits per heavy atom. The third-order valence-electron chi connectivity index (χ3n) is 4.06. The number of nitrogens with one attached hydrogen (secondary N) is 1. The first-order chi connectivity index (χ1) is 11.0. The summed E-state index contributed by atoms with van der Waals surface area (Å²) in [7, 11) is -1.15. The number of thioether (sulfide) groups is 1. The number of esters is 1. The van der Waals surface area contributed by atoms with Crippen LogP contribution in [0.1, 0.15) is 18.4 Å². The summed E-state index contributed by atoms with van der Waals surface area (Å²) < 4.78 is 5.56. The highest BCUT2D eigenvalue weighted by molar-refractivity contribution is 7.99. The molecule has 1 fully saturated rings. The minimum Gasteiger partial charge on any atom is -0.465 e. The fourth-order valence-electron chi connectivity index (χ4n) is 2.60. The molecule has 1 aliphatic heterocycles. The summed E-state index contributed by atoms with van der Waals surface area (Å²) in [4.78, 5) is 12.4. The fourth-order valence-corrected chi connectivity index (χ4v) is 4.65. The van der Waals surface area contributed by atoms with E-state index >= 15 is 0 Å². The number of carbonyl (C=O) groups is 1. The second-order valence-corrected chi connectivity index (χ2v) is 14.2. The quantitative estimate of drug-likeness (QED) is 0.597. The minimum atomic E-state index is -1.15. The van der Waals surface area contributed by atoms with Crippen LogP contribution in [0.4, 0.5) is 0 Å². The van der Waals surface area contributed by atoms with Crippen molar-refractivity contribution in [3.05, 3.63) is 35.9 Å². The van der Waals surface area contributed by atoms with E-state index in [1.165, 1.54) is 5.56 Å². The third-order valence-corrected chi connectivity index (χ3v) is 7.20. The van der Waals surface area contributed by atoms with Crippen LogP contribution in [0.5, 0.6) is 0 Å². The van der Waals surface area contributed by atoms with Crippen LogP contribution < -0.4 is 5.32 Å². The Bertz CT molecular complexity index is 490. The van der Waals surface area contributed by atoms with Crippen LogP contribution in [0.15, 0.2) is 30.3 Å². The van der Waals surface area contributed by atoms with Gasteiger partial charge in [0.2, 0.25) is 0 Å². The molecule has 1 aromatic rings. The van der Waals surface area contributed by atoms with Gasteiger partial charge in [-0.05, 0) is 31.0 Å². The van der Waals surface area contributed by atoms with Crippen molar-refractivity contribution in [2.24, 2.45) is 0 Å². The summed E-state index contributed by atoms with van der Waals surface area (Å²) >= 11 is 1.87. The van der Waals surface area contributed by atoms with Crippen LogP contribution in [0.3, 0.4) is 0 Å². The SMILES string of the molecule is C[Si](C)(C)CCOC(=O)[C@H]1NCCC[C@H]1SCc1ccccc1. The molecule has 0 aromatic heterocycles. The molecule has 0 radical (unpaired) electrons. The number of piperidine rings is 1. The average Bonchev–Trinajstić information content (AvgIpc) is 2.53. The molecule has 23 heavy (non-hydrogen) atoms. The highest BCUT2D eigenvalue weighted by atomic mass is 32.2. The molecule has 0 bridgehead atoms. The van der Waals surface area contributed by atoms with Gasteiger partial charge in [-0.1, -0.05) is 50.0 Å². The number of benzene rings is 1. The van der Waals surface area contributed by atoms with Gasteiger partial charge < -0.3 is 10.1 Å². The summed E-state index contributed by atoms with van der Waals surface area (Å²) in [5.41, 5.74) is 1.31. The predicted octanol–water partition coefficient (Wildman–Crippen LogP) is 3.92. The summed E-state index contributed by atoms with van der Waals surface area (Å²) in [6.45, 7) is 8.40. The van der Waals surface area contributed by atoms with Gasteiger partial charge in [-0.3, -0.25) is 4.79 Å². The normalized spacial score (nSPS) is 21.9. The van der Waals surface area contributed by atoms with E-state index in [-0.39, 0.29) is 12.0 Å². The zero-order valence-electron chi connectivity index (χ0n) is 14.5. The number of rotatable bonds is 7. The average molecular weight is 352 g/mol. The van der Waals surface area contributed by atoms with E-state index in [1.54, 1.807) is 0 Å². The molecule has 0 saturated carbocycles. The maximum Gasteiger partial charge on any atom is 0.324 e. The highest BCUT2D eigenvalue weighted by Gasteiger charge is 2.32. The van der Waals surface area contributed by atoms with Gasteiger partial charge in [-0.15, -0.1) is 0 Å². The lowest BCUT2D eigenvalue weighted by atomic mass is 10.0. The van der Waals surface area contributed by atoms with E-state index in [0.717, 1.165) is 31.2 Å². The standard InChI is InChI=1S/C18H29NO2SSi/c1-23(2,3)13-12-21-18(20)17-16(10-7-11-19-17)22-14-15-8-5-4-6-9-15/h4-6,8-9,16-17,19H,7,10-14H2,1-3H3/t16-,17+/m1/s1. The lowest BCUT2D eigenvalue weighted by Crippen LogP contribution is -2.49. The lowest BCUT2D eigenvalue weighted by Gasteiger charge is -2.31. The van der Waals surface area contributed by atoms with Gasteiger partial charge in [0.15, 0.2) is 0 Å². The van der Waals surface area contributed by atoms with Crippen LogP contribution in [0.2, 0.25) is 25.7 Å². The minimum absolute atomic E-state index is 0.0616. The first-order valence-electron chi connectivity index (χ1n) is 8.51. The Labute approximate surface area is 145 Å². The number of ether oxygens (including phenoxy) is 1. The first-order valence-corrected chi connectivity index (χ1v) is 13.3. The van der Waals surface area contributed by atoms with Crippen LogP contribution in [0.25, 0.3) is 0 Å². The van der Waals surface area contributed by atoms with Crippen LogP contribution in [-0.4, -0.2) is 38.5 Å². The van der Waals surface area contributed by atoms with Gasteiger partial charge in [0.05, 0.1) is 6.61 Å². The smallest absolute Gasteiger partial charge is 0.324 e. The molecule has 128 valence electrons. The van der Waals surface area contributed by atoms with Crippen molar-refractivity contribution >= 4 is 25.8 Å². The molecular weight excluding hydrogens is 322 g/mol. The molecule has 1 aromatic carbocycles. The van der Waals surface area contributed by atoms with Crippen LogP contribution in [-0.2, 0) is 15.3 Å². The Morgan fingerprint density at radius 1 is 1.30 bits per heavy atom. The largest absolute Gasteiger partial charge is 0.465 e. The molecule has 1 N–H and O–H groups in total. The summed E-state index contributed by atoms with van der Waals surface area (Å²) in [6.07, 6.45) is 2.21. The van der Waals surface area contributed by atoms with Gasteiger partial charge in [0.25, 0.3) is 0 Å². The summed E-state index contributed by atoms with van der Waals surface area (Å²) in [6, 6.07) is 11.3. The van der Waals surface area contributed by atoms with Crippen molar-refractivity contribution in [3.8, 4) is 0 Å². The van der Waals surface area contributed by atoms with Gasteiger partial charge >= 0.3 is 5.97 Å². The molecule has 0 unspecified atom stereocenters. The predicted molar refractivity (Wildman–Crippen MR) is 102 cm³/mol. The molecule has 1 heterocycles. The van der Waals surface area contributed by atoms with Crippen molar-refractivity contribution < 1.29 is 9.53 Å². The molecule has 0 amide bonds. The monoisotopic (exact) mass is 351 g/mol. The molecule has 1 aliphatic rings. The Kier molecular flexibility index (Phi) is 7.18. The molecule has 3 nitrogen and oxygen atoms in total. The van der Waals surface area contributed by atoms with Gasteiger partial charge in [-0.25, -0.2) is 0 Å². The Hall–Kier alpha value is -0.783. The maximum atomic E-state index is 12.4. The molecule has 1 saturated heterocycles. The van der Waals surface area contributed by atoms with Crippen LogP contribution in [0, 0.1) is 0 Å². The Balaban J connectivity index is 1.83. The first kappa shape index (κ1) is 18.6. The Morgan fingerprint density at radius 3 is 2.74 bits per heavy atom. The lowest BCUT2D eigenvalue weighted by molar-refractivity contribution is -0.146. The molecule has 2 atom stereocenters. The maximum absolute atomic E-state index is 12.4. The molecule has 5 heteroatoms. The zero-order chi connectivity index (χ0) is 16.7. The number of hydrogen-bond acceptors (Lipinski definition) is 4. The van der Waals surface area contributed by atoms with E-state index < -0.39 is 8.07 Å². The topological polar surface area (TPSA) is 38.3 Å².